The van der Waals surface area contributed by atoms with E-state index < -0.39 is 5.60 Å². The highest BCUT2D eigenvalue weighted by atomic mass is 16.6. The molecule has 0 bridgehead atoms. The normalized spacial score (nSPS) is 28.8. The number of rotatable bonds is 10. The zero-order valence-corrected chi connectivity index (χ0v) is 11.0. The van der Waals surface area contributed by atoms with Crippen molar-refractivity contribution < 1.29 is 19.0 Å². The predicted octanol–water partition coefficient (Wildman–Crippen LogP) is 0.648. The van der Waals surface area contributed by atoms with E-state index in [0.29, 0.717) is 19.6 Å². The highest BCUT2D eigenvalue weighted by molar-refractivity contribution is 5.90. The van der Waals surface area contributed by atoms with Gasteiger partial charge in [0.25, 0.3) is 0 Å². The van der Waals surface area contributed by atoms with Gasteiger partial charge in [0, 0.05) is 0 Å². The van der Waals surface area contributed by atoms with Gasteiger partial charge < -0.3 is 19.9 Å². The summed E-state index contributed by atoms with van der Waals surface area (Å²) in [4.78, 5) is 12.2. The van der Waals surface area contributed by atoms with E-state index in [2.05, 4.69) is 6.92 Å². The Labute approximate surface area is 108 Å². The van der Waals surface area contributed by atoms with E-state index in [-0.39, 0.29) is 24.5 Å². The molecule has 0 spiro atoms. The van der Waals surface area contributed by atoms with E-state index in [1.54, 1.807) is 0 Å². The number of carbonyl (C=O) groups excluding carboxylic acids is 1. The van der Waals surface area contributed by atoms with E-state index in [0.717, 1.165) is 25.9 Å². The Bertz CT molecular complexity index is 289. The van der Waals surface area contributed by atoms with Gasteiger partial charge in [-0.3, -0.25) is 4.79 Å². The van der Waals surface area contributed by atoms with Gasteiger partial charge in [0.2, 0.25) is 0 Å². The number of hydrogen-bond donors (Lipinski definition) is 1. The summed E-state index contributed by atoms with van der Waals surface area (Å²) in [5.41, 5.74) is 4.71. The Morgan fingerprint density at radius 3 is 2.61 bits per heavy atom. The number of carbonyl (C=O) groups is 1. The minimum atomic E-state index is -0.824. The summed E-state index contributed by atoms with van der Waals surface area (Å²) < 4.78 is 16.4. The third-order valence-electron chi connectivity index (χ3n) is 3.59. The lowest BCUT2D eigenvalue weighted by Gasteiger charge is -2.30. The summed E-state index contributed by atoms with van der Waals surface area (Å²) in [5, 5.41) is 0. The van der Waals surface area contributed by atoms with Crippen molar-refractivity contribution in [2.75, 3.05) is 26.4 Å². The van der Waals surface area contributed by atoms with E-state index in [1.165, 1.54) is 0 Å². The van der Waals surface area contributed by atoms with Crippen molar-refractivity contribution in [3.63, 3.8) is 0 Å². The topological polar surface area (TPSA) is 77.4 Å². The first kappa shape index (κ1) is 13.9. The monoisotopic (exact) mass is 257 g/mol. The smallest absolute Gasteiger partial charge is 0.180 e. The molecule has 0 aromatic rings. The first-order valence-electron chi connectivity index (χ1n) is 6.83. The summed E-state index contributed by atoms with van der Waals surface area (Å²) in [7, 11) is 0. The van der Waals surface area contributed by atoms with Crippen LogP contribution in [0.4, 0.5) is 0 Å². The van der Waals surface area contributed by atoms with Crippen molar-refractivity contribution in [2.24, 2.45) is 5.73 Å². The molecule has 0 amide bonds. The highest BCUT2D eigenvalue weighted by Gasteiger charge is 2.53. The minimum absolute atomic E-state index is 0.0114. The van der Waals surface area contributed by atoms with Crippen LogP contribution in [0.15, 0.2) is 0 Å². The maximum Gasteiger partial charge on any atom is 0.180 e. The molecule has 104 valence electrons. The van der Waals surface area contributed by atoms with Gasteiger partial charge in [0.05, 0.1) is 26.4 Å². The van der Waals surface area contributed by atoms with Gasteiger partial charge in [-0.25, -0.2) is 0 Å². The molecule has 2 aliphatic heterocycles. The molecule has 0 radical (unpaired) electrons. The molecule has 3 unspecified atom stereocenters. The predicted molar refractivity (Wildman–Crippen MR) is 66.4 cm³/mol. The average molecular weight is 257 g/mol. The van der Waals surface area contributed by atoms with Gasteiger partial charge in [0.15, 0.2) is 11.4 Å². The van der Waals surface area contributed by atoms with Crippen LogP contribution in [-0.2, 0) is 19.0 Å². The van der Waals surface area contributed by atoms with Gasteiger partial charge in [-0.15, -0.1) is 0 Å². The fourth-order valence-electron chi connectivity index (χ4n) is 2.26. The van der Waals surface area contributed by atoms with Crippen molar-refractivity contribution in [3.8, 4) is 0 Å². The second kappa shape index (κ2) is 6.10. The molecule has 5 nitrogen and oxygen atoms in total. The van der Waals surface area contributed by atoms with E-state index in [4.69, 9.17) is 19.9 Å². The number of ether oxygens (including phenoxy) is 3. The van der Waals surface area contributed by atoms with Gasteiger partial charge in [0.1, 0.15) is 12.2 Å². The van der Waals surface area contributed by atoms with E-state index >= 15 is 0 Å². The maximum atomic E-state index is 12.2. The number of ketones is 1. The van der Waals surface area contributed by atoms with Crippen LogP contribution in [0.1, 0.15) is 32.6 Å². The molecule has 2 N–H and O–H groups in total. The van der Waals surface area contributed by atoms with Crippen LogP contribution >= 0.6 is 0 Å². The van der Waals surface area contributed by atoms with E-state index in [1.807, 2.05) is 0 Å². The van der Waals surface area contributed by atoms with Crippen LogP contribution in [0, 0.1) is 0 Å². The summed E-state index contributed by atoms with van der Waals surface area (Å²) in [6, 6.07) is 0. The third-order valence-corrected chi connectivity index (χ3v) is 3.59. The molecule has 0 saturated carbocycles. The number of epoxide rings is 2. The standard InChI is InChI=1S/C13H23NO4/c1-2-3-4-5-13(11(15)6-14,12-9-17-12)18-8-10-7-16-10/h10,12H,2-9,14H2,1H3. The fourth-order valence-corrected chi connectivity index (χ4v) is 2.26. The van der Waals surface area contributed by atoms with Gasteiger partial charge in [-0.05, 0) is 6.42 Å². The molecule has 2 aliphatic rings. The molecule has 2 heterocycles. The largest absolute Gasteiger partial charge is 0.371 e. The van der Waals surface area contributed by atoms with Crippen LogP contribution < -0.4 is 5.73 Å². The van der Waals surface area contributed by atoms with Crippen LogP contribution in [0.3, 0.4) is 0 Å². The lowest BCUT2D eigenvalue weighted by molar-refractivity contribution is -0.149. The summed E-state index contributed by atoms with van der Waals surface area (Å²) >= 11 is 0. The van der Waals surface area contributed by atoms with Crippen LogP contribution in [0.25, 0.3) is 0 Å². The van der Waals surface area contributed by atoms with Crippen LogP contribution in [0.2, 0.25) is 0 Å². The van der Waals surface area contributed by atoms with Crippen molar-refractivity contribution in [1.29, 1.82) is 0 Å². The number of nitrogens with two attached hydrogens (primary N) is 1. The summed E-state index contributed by atoms with van der Waals surface area (Å²) in [6.07, 6.45) is 3.92. The SMILES string of the molecule is CCCCCC(OCC1CO1)(C(=O)CN)C1CO1. The van der Waals surface area contributed by atoms with Gasteiger partial charge >= 0.3 is 0 Å². The second-order valence-electron chi connectivity index (χ2n) is 5.06. The quantitative estimate of drug-likeness (QED) is 0.459. The molecule has 0 aliphatic carbocycles. The Hall–Kier alpha value is -0.490. The summed E-state index contributed by atoms with van der Waals surface area (Å²) in [5.74, 6) is -0.0400. The zero-order valence-electron chi connectivity index (χ0n) is 11.0. The van der Waals surface area contributed by atoms with Crippen molar-refractivity contribution >= 4 is 5.78 Å². The van der Waals surface area contributed by atoms with E-state index in [9.17, 15) is 4.79 Å². The number of hydrogen-bond acceptors (Lipinski definition) is 5. The molecular weight excluding hydrogens is 234 g/mol. The van der Waals surface area contributed by atoms with Gasteiger partial charge in [-0.2, -0.15) is 0 Å². The second-order valence-corrected chi connectivity index (χ2v) is 5.06. The Kier molecular flexibility index (Phi) is 4.72. The molecular formula is C13H23NO4. The zero-order chi connectivity index (χ0) is 13.0. The lowest BCUT2D eigenvalue weighted by Crippen LogP contribution is -2.50. The van der Waals surface area contributed by atoms with Crippen molar-refractivity contribution in [3.05, 3.63) is 0 Å². The molecule has 5 heteroatoms. The Balaban J connectivity index is 1.97. The summed E-state index contributed by atoms with van der Waals surface area (Å²) in [6.45, 7) is 3.95. The Morgan fingerprint density at radius 2 is 2.11 bits per heavy atom. The minimum Gasteiger partial charge on any atom is -0.371 e. The van der Waals surface area contributed by atoms with Crippen molar-refractivity contribution in [2.45, 2.75) is 50.4 Å². The molecule has 2 saturated heterocycles. The molecule has 2 fully saturated rings. The number of unbranched alkanes of at least 4 members (excludes halogenated alkanes) is 2. The molecule has 0 aromatic heterocycles. The molecule has 18 heavy (non-hydrogen) atoms. The Morgan fingerprint density at radius 1 is 1.39 bits per heavy atom. The molecule has 0 aromatic carbocycles. The first-order chi connectivity index (χ1) is 8.73. The first-order valence-corrected chi connectivity index (χ1v) is 6.83. The number of Topliss-reactive ketones (excluding diaryl/α,β-unsaturated/α-hetero) is 1. The molecule has 3 atom stereocenters. The van der Waals surface area contributed by atoms with Crippen molar-refractivity contribution in [1.82, 2.24) is 0 Å². The van der Waals surface area contributed by atoms with Gasteiger partial charge in [-0.1, -0.05) is 26.2 Å². The fraction of sp³-hybridized carbons (Fsp3) is 0.923. The highest BCUT2D eigenvalue weighted by Crippen LogP contribution is 2.35. The maximum absolute atomic E-state index is 12.2. The average Bonchev–Trinajstić information content (AvgIpc) is 3.25. The molecule has 2 rings (SSSR count). The van der Waals surface area contributed by atoms with Crippen LogP contribution in [-0.4, -0.2) is 50.0 Å². The van der Waals surface area contributed by atoms with Crippen LogP contribution in [0.5, 0.6) is 0 Å². The third kappa shape index (κ3) is 3.29. The lowest BCUT2D eigenvalue weighted by atomic mass is 9.87.